The van der Waals surface area contributed by atoms with Crippen molar-refractivity contribution in [2.75, 3.05) is 11.9 Å². The number of nitrogens with zero attached hydrogens (tertiary/aromatic N) is 3. The van der Waals surface area contributed by atoms with Crippen LogP contribution >= 0.6 is 0 Å². The maximum Gasteiger partial charge on any atom is 0.333 e. The van der Waals surface area contributed by atoms with E-state index < -0.39 is 0 Å². The molecule has 19 heavy (non-hydrogen) atoms. The fourth-order valence-electron chi connectivity index (χ4n) is 2.36. The Labute approximate surface area is 112 Å². The Hall–Kier alpha value is -1.63. The van der Waals surface area contributed by atoms with Gasteiger partial charge in [0.15, 0.2) is 0 Å². The van der Waals surface area contributed by atoms with Crippen LogP contribution in [0.1, 0.15) is 44.8 Å². The summed E-state index contributed by atoms with van der Waals surface area (Å²) >= 11 is 0. The molecule has 0 aromatic carbocycles. The van der Waals surface area contributed by atoms with Crippen LogP contribution in [0.15, 0.2) is 0 Å². The van der Waals surface area contributed by atoms with Gasteiger partial charge in [-0.15, -0.1) is 0 Å². The highest BCUT2D eigenvalue weighted by molar-refractivity contribution is 5.60. The summed E-state index contributed by atoms with van der Waals surface area (Å²) in [7, 11) is 0. The summed E-state index contributed by atoms with van der Waals surface area (Å²) in [5, 5.41) is 18.6. The van der Waals surface area contributed by atoms with Crippen LogP contribution in [0.4, 0.5) is 11.5 Å². The first-order valence-corrected chi connectivity index (χ1v) is 6.60. The molecule has 0 radical (unpaired) electrons. The third-order valence-corrected chi connectivity index (χ3v) is 3.68. The Morgan fingerprint density at radius 3 is 2.63 bits per heavy atom. The number of nitrogens with two attached hydrogens (primary N) is 1. The molecule has 1 aliphatic rings. The Bertz CT molecular complexity index is 491. The van der Waals surface area contributed by atoms with Gasteiger partial charge in [-0.2, -0.15) is 5.10 Å². The third-order valence-electron chi connectivity index (χ3n) is 3.68. The molecule has 106 valence electrons. The van der Waals surface area contributed by atoms with Gasteiger partial charge in [0.2, 0.25) is 5.82 Å². The minimum Gasteiger partial charge on any atom is -0.363 e. The van der Waals surface area contributed by atoms with Gasteiger partial charge in [-0.25, -0.2) is 4.68 Å². The number of rotatable bonds is 5. The normalized spacial score (nSPS) is 17.3. The molecule has 7 nitrogen and oxygen atoms in total. The minimum atomic E-state index is -0.381. The van der Waals surface area contributed by atoms with Crippen molar-refractivity contribution in [3.05, 3.63) is 15.8 Å². The number of nitro groups is 1. The molecule has 1 heterocycles. The van der Waals surface area contributed by atoms with Gasteiger partial charge in [0.25, 0.3) is 0 Å². The smallest absolute Gasteiger partial charge is 0.333 e. The molecule has 0 atom stereocenters. The topological polar surface area (TPSA) is 99.0 Å². The lowest BCUT2D eigenvalue weighted by molar-refractivity contribution is -0.384. The number of anilines is 1. The van der Waals surface area contributed by atoms with Crippen LogP contribution in [0.3, 0.4) is 0 Å². The van der Waals surface area contributed by atoms with Crippen LogP contribution in [0.25, 0.3) is 0 Å². The monoisotopic (exact) mass is 267 g/mol. The molecule has 2 rings (SSSR count). The number of aromatic nitrogens is 2. The Morgan fingerprint density at radius 1 is 1.58 bits per heavy atom. The first kappa shape index (κ1) is 13.8. The highest BCUT2D eigenvalue weighted by Crippen LogP contribution is 2.33. The van der Waals surface area contributed by atoms with Crippen LogP contribution in [0, 0.1) is 17.0 Å². The van der Waals surface area contributed by atoms with Crippen molar-refractivity contribution in [2.24, 2.45) is 5.73 Å². The van der Waals surface area contributed by atoms with Gasteiger partial charge in [-0.3, -0.25) is 10.1 Å². The zero-order valence-corrected chi connectivity index (χ0v) is 11.6. The molecule has 0 aliphatic heterocycles. The number of hydrogen-bond acceptors (Lipinski definition) is 5. The third kappa shape index (κ3) is 2.56. The van der Waals surface area contributed by atoms with Gasteiger partial charge in [0.05, 0.1) is 4.92 Å². The number of hydrogen-bond donors (Lipinski definition) is 2. The molecule has 1 fully saturated rings. The van der Waals surface area contributed by atoms with Gasteiger partial charge in [-0.1, -0.05) is 0 Å². The molecule has 0 amide bonds. The van der Waals surface area contributed by atoms with Crippen molar-refractivity contribution in [3.63, 3.8) is 0 Å². The lowest BCUT2D eigenvalue weighted by Gasteiger charge is -2.38. The van der Waals surface area contributed by atoms with Gasteiger partial charge >= 0.3 is 5.69 Å². The van der Waals surface area contributed by atoms with Crippen molar-refractivity contribution >= 4 is 11.5 Å². The number of nitrogens with one attached hydrogen (secondary N) is 1. The lowest BCUT2D eigenvalue weighted by Crippen LogP contribution is -2.52. The summed E-state index contributed by atoms with van der Waals surface area (Å²) in [5.41, 5.74) is 6.40. The van der Waals surface area contributed by atoms with Crippen molar-refractivity contribution in [3.8, 4) is 0 Å². The van der Waals surface area contributed by atoms with E-state index >= 15 is 0 Å². The van der Waals surface area contributed by atoms with Crippen molar-refractivity contribution in [2.45, 2.75) is 51.6 Å². The highest BCUT2D eigenvalue weighted by atomic mass is 16.6. The van der Waals surface area contributed by atoms with E-state index in [2.05, 4.69) is 10.4 Å². The van der Waals surface area contributed by atoms with Crippen molar-refractivity contribution in [1.82, 2.24) is 9.78 Å². The average molecular weight is 267 g/mol. The van der Waals surface area contributed by atoms with E-state index in [9.17, 15) is 10.1 Å². The summed E-state index contributed by atoms with van der Waals surface area (Å²) in [4.78, 5) is 10.8. The average Bonchev–Trinajstić information content (AvgIpc) is 2.61. The quantitative estimate of drug-likeness (QED) is 0.627. The van der Waals surface area contributed by atoms with E-state index in [1.54, 1.807) is 11.6 Å². The van der Waals surface area contributed by atoms with Gasteiger partial charge in [0.1, 0.15) is 5.69 Å². The first-order valence-electron chi connectivity index (χ1n) is 6.60. The number of aryl methyl sites for hydroxylation is 1. The fraction of sp³-hybridized carbons (Fsp3) is 0.750. The van der Waals surface area contributed by atoms with E-state index in [-0.39, 0.29) is 22.2 Å². The van der Waals surface area contributed by atoms with Crippen LogP contribution in [0.2, 0.25) is 0 Å². The second-order valence-corrected chi connectivity index (χ2v) is 5.65. The Morgan fingerprint density at radius 2 is 2.21 bits per heavy atom. The van der Waals surface area contributed by atoms with Crippen molar-refractivity contribution in [1.29, 1.82) is 0 Å². The summed E-state index contributed by atoms with van der Waals surface area (Å²) in [6.45, 7) is 6.10. The molecule has 0 spiro atoms. The first-order chi connectivity index (χ1) is 8.84. The van der Waals surface area contributed by atoms with Crippen LogP contribution in [-0.4, -0.2) is 26.8 Å². The maximum absolute atomic E-state index is 11.2. The highest BCUT2D eigenvalue weighted by Gasteiger charge is 2.34. The van der Waals surface area contributed by atoms with E-state index in [1.807, 2.05) is 13.8 Å². The molecule has 7 heteroatoms. The molecule has 1 aromatic rings. The molecule has 1 saturated carbocycles. The predicted molar refractivity (Wildman–Crippen MR) is 73.3 cm³/mol. The Kier molecular flexibility index (Phi) is 3.49. The molecule has 1 aromatic heterocycles. The zero-order chi connectivity index (χ0) is 14.2. The van der Waals surface area contributed by atoms with E-state index in [0.29, 0.717) is 18.1 Å². The lowest BCUT2D eigenvalue weighted by atomic mass is 9.78. The summed E-state index contributed by atoms with van der Waals surface area (Å²) in [6.07, 6.45) is 3.05. The van der Waals surface area contributed by atoms with E-state index in [1.165, 1.54) is 0 Å². The maximum atomic E-state index is 11.2. The molecular formula is C12H21N5O2. The Balaban J connectivity index is 2.27. The molecule has 0 saturated heterocycles. The van der Waals surface area contributed by atoms with Crippen LogP contribution in [0.5, 0.6) is 0 Å². The van der Waals surface area contributed by atoms with E-state index in [0.717, 1.165) is 19.3 Å². The minimum absolute atomic E-state index is 0.0524. The zero-order valence-electron chi connectivity index (χ0n) is 11.6. The standard InChI is InChI=1S/C12H21N5O2/c1-8(2)16-11(10(17(18)19)9(3)15-16)14-7-12(13)5-4-6-12/h8,14H,4-7,13H2,1-3H3. The fourth-order valence-corrected chi connectivity index (χ4v) is 2.36. The molecule has 0 unspecified atom stereocenters. The SMILES string of the molecule is Cc1nn(C(C)C)c(NCC2(N)CCC2)c1[N+](=O)[O-]. The van der Waals surface area contributed by atoms with Gasteiger partial charge in [-0.05, 0) is 40.0 Å². The second-order valence-electron chi connectivity index (χ2n) is 5.65. The van der Waals surface area contributed by atoms with E-state index in [4.69, 9.17) is 5.73 Å². The van der Waals surface area contributed by atoms with Crippen LogP contribution in [-0.2, 0) is 0 Å². The summed E-state index contributed by atoms with van der Waals surface area (Å²) in [5.74, 6) is 0.467. The molecule has 3 N–H and O–H groups in total. The van der Waals surface area contributed by atoms with Gasteiger partial charge < -0.3 is 11.1 Å². The predicted octanol–water partition coefficient (Wildman–Crippen LogP) is 1.97. The summed E-state index contributed by atoms with van der Waals surface area (Å²) < 4.78 is 1.66. The largest absolute Gasteiger partial charge is 0.363 e. The molecule has 1 aliphatic carbocycles. The summed E-state index contributed by atoms with van der Waals surface area (Å²) in [6, 6.07) is 0.0602. The molecule has 0 bridgehead atoms. The van der Waals surface area contributed by atoms with Crippen molar-refractivity contribution < 1.29 is 4.92 Å². The van der Waals surface area contributed by atoms with Crippen LogP contribution < -0.4 is 11.1 Å². The van der Waals surface area contributed by atoms with Gasteiger partial charge in [0, 0.05) is 18.1 Å². The molecular weight excluding hydrogens is 246 g/mol. The second kappa shape index (κ2) is 4.80.